The molecule has 1 heterocycles. The summed E-state index contributed by atoms with van der Waals surface area (Å²) in [7, 11) is 1.65. The van der Waals surface area contributed by atoms with E-state index < -0.39 is 17.4 Å². The molecule has 0 atom stereocenters. The summed E-state index contributed by atoms with van der Waals surface area (Å²) in [6, 6.07) is 2.82. The fourth-order valence-corrected chi connectivity index (χ4v) is 2.35. The standard InChI is InChI=1S/C12H11F2N3O2S/c1-17-11(5-18)15-16-12(17)20-6-10(19)8-3-2-7(13)4-9(8)14/h2-4,18H,5-6H2,1H3. The zero-order chi connectivity index (χ0) is 14.7. The maximum absolute atomic E-state index is 13.4. The highest BCUT2D eigenvalue weighted by molar-refractivity contribution is 7.99. The smallest absolute Gasteiger partial charge is 0.191 e. The summed E-state index contributed by atoms with van der Waals surface area (Å²) in [5, 5.41) is 16.9. The molecule has 1 aromatic heterocycles. The summed E-state index contributed by atoms with van der Waals surface area (Å²) in [6.45, 7) is -0.259. The fourth-order valence-electron chi connectivity index (χ4n) is 1.53. The summed E-state index contributed by atoms with van der Waals surface area (Å²) < 4.78 is 27.7. The van der Waals surface area contributed by atoms with Gasteiger partial charge in [0.05, 0.1) is 11.3 Å². The largest absolute Gasteiger partial charge is 0.388 e. The molecule has 2 aromatic rings. The molecule has 0 spiro atoms. The van der Waals surface area contributed by atoms with E-state index in [-0.39, 0.29) is 17.9 Å². The Balaban J connectivity index is 2.06. The highest BCUT2D eigenvalue weighted by Gasteiger charge is 2.15. The Bertz CT molecular complexity index is 646. The number of halogens is 2. The average molecular weight is 299 g/mol. The van der Waals surface area contributed by atoms with E-state index in [0.29, 0.717) is 17.0 Å². The van der Waals surface area contributed by atoms with Crippen molar-refractivity contribution in [3.63, 3.8) is 0 Å². The molecule has 0 radical (unpaired) electrons. The summed E-state index contributed by atoms with van der Waals surface area (Å²) in [6.07, 6.45) is 0. The number of thioether (sulfide) groups is 1. The molecule has 0 bridgehead atoms. The number of benzene rings is 1. The van der Waals surface area contributed by atoms with Crippen molar-refractivity contribution in [3.8, 4) is 0 Å². The number of carbonyl (C=O) groups is 1. The second kappa shape index (κ2) is 6.10. The van der Waals surface area contributed by atoms with Gasteiger partial charge in [-0.25, -0.2) is 8.78 Å². The van der Waals surface area contributed by atoms with Crippen LogP contribution in [0.5, 0.6) is 0 Å². The van der Waals surface area contributed by atoms with E-state index in [4.69, 9.17) is 5.11 Å². The molecule has 5 nitrogen and oxygen atoms in total. The number of rotatable bonds is 5. The number of ketones is 1. The lowest BCUT2D eigenvalue weighted by Gasteiger charge is -2.03. The highest BCUT2D eigenvalue weighted by atomic mass is 32.2. The van der Waals surface area contributed by atoms with Crippen molar-refractivity contribution in [1.82, 2.24) is 14.8 Å². The molecule has 0 aliphatic carbocycles. The van der Waals surface area contributed by atoms with E-state index in [1.54, 1.807) is 11.6 Å². The van der Waals surface area contributed by atoms with Gasteiger partial charge in [-0.05, 0) is 12.1 Å². The Kier molecular flexibility index (Phi) is 4.46. The molecule has 0 amide bonds. The molecular formula is C12H11F2N3O2S. The van der Waals surface area contributed by atoms with Gasteiger partial charge in [-0.2, -0.15) is 0 Å². The number of hydrogen-bond donors (Lipinski definition) is 1. The molecule has 0 saturated carbocycles. The van der Waals surface area contributed by atoms with Gasteiger partial charge >= 0.3 is 0 Å². The van der Waals surface area contributed by atoms with Gasteiger partial charge in [-0.1, -0.05) is 11.8 Å². The van der Waals surface area contributed by atoms with Gasteiger partial charge in [0.2, 0.25) is 0 Å². The second-order valence-electron chi connectivity index (χ2n) is 3.95. The first-order chi connectivity index (χ1) is 9.52. The third-order valence-electron chi connectivity index (χ3n) is 2.63. The van der Waals surface area contributed by atoms with E-state index in [0.717, 1.165) is 23.9 Å². The van der Waals surface area contributed by atoms with Crippen molar-refractivity contribution >= 4 is 17.5 Å². The first kappa shape index (κ1) is 14.6. The Hall–Kier alpha value is -1.80. The monoisotopic (exact) mass is 299 g/mol. The van der Waals surface area contributed by atoms with Crippen LogP contribution in [0, 0.1) is 11.6 Å². The van der Waals surface area contributed by atoms with Gasteiger partial charge < -0.3 is 9.67 Å². The van der Waals surface area contributed by atoms with Gasteiger partial charge in [0.1, 0.15) is 18.2 Å². The summed E-state index contributed by atoms with van der Waals surface area (Å²) in [5.41, 5.74) is -0.163. The van der Waals surface area contributed by atoms with Crippen molar-refractivity contribution in [2.45, 2.75) is 11.8 Å². The number of hydrogen-bond acceptors (Lipinski definition) is 5. The van der Waals surface area contributed by atoms with Crippen molar-refractivity contribution < 1.29 is 18.7 Å². The van der Waals surface area contributed by atoms with Crippen LogP contribution < -0.4 is 0 Å². The van der Waals surface area contributed by atoms with Crippen LogP contribution in [0.15, 0.2) is 23.4 Å². The van der Waals surface area contributed by atoms with Crippen molar-refractivity contribution in [2.75, 3.05) is 5.75 Å². The molecule has 106 valence electrons. The second-order valence-corrected chi connectivity index (χ2v) is 4.89. The van der Waals surface area contributed by atoms with Crippen LogP contribution in [-0.4, -0.2) is 31.4 Å². The van der Waals surface area contributed by atoms with Crippen LogP contribution in [0.3, 0.4) is 0 Å². The third kappa shape index (κ3) is 3.02. The van der Waals surface area contributed by atoms with E-state index in [9.17, 15) is 13.6 Å². The first-order valence-corrected chi connectivity index (χ1v) is 6.61. The molecule has 0 aliphatic rings. The molecule has 8 heteroatoms. The van der Waals surface area contributed by atoms with Crippen LogP contribution >= 0.6 is 11.8 Å². The van der Waals surface area contributed by atoms with Crippen LogP contribution in [0.1, 0.15) is 16.2 Å². The van der Waals surface area contributed by atoms with Crippen LogP contribution in [0.2, 0.25) is 0 Å². The third-order valence-corrected chi connectivity index (χ3v) is 3.65. The topological polar surface area (TPSA) is 68.0 Å². The molecule has 1 aromatic carbocycles. The quantitative estimate of drug-likeness (QED) is 0.670. The number of aromatic nitrogens is 3. The predicted octanol–water partition coefficient (Wildman–Crippen LogP) is 1.56. The minimum absolute atomic E-state index is 0.0556. The van der Waals surface area contributed by atoms with Crippen molar-refractivity contribution in [2.24, 2.45) is 7.05 Å². The Morgan fingerprint density at radius 2 is 2.15 bits per heavy atom. The van der Waals surface area contributed by atoms with E-state index >= 15 is 0 Å². The van der Waals surface area contributed by atoms with Gasteiger partial charge in [-0.3, -0.25) is 4.79 Å². The molecule has 20 heavy (non-hydrogen) atoms. The first-order valence-electron chi connectivity index (χ1n) is 5.63. The molecule has 0 aliphatic heterocycles. The van der Waals surface area contributed by atoms with Crippen LogP contribution in [0.4, 0.5) is 8.78 Å². The van der Waals surface area contributed by atoms with Gasteiger partial charge in [0.15, 0.2) is 16.8 Å². The minimum Gasteiger partial charge on any atom is -0.388 e. The minimum atomic E-state index is -0.885. The zero-order valence-corrected chi connectivity index (χ0v) is 11.3. The van der Waals surface area contributed by atoms with Crippen molar-refractivity contribution in [3.05, 3.63) is 41.2 Å². The van der Waals surface area contributed by atoms with Crippen LogP contribution in [0.25, 0.3) is 0 Å². The SMILES string of the molecule is Cn1c(CO)nnc1SCC(=O)c1ccc(F)cc1F. The van der Waals surface area contributed by atoms with E-state index in [1.807, 2.05) is 0 Å². The number of nitrogens with zero attached hydrogens (tertiary/aromatic N) is 3. The van der Waals surface area contributed by atoms with Crippen LogP contribution in [-0.2, 0) is 13.7 Å². The maximum atomic E-state index is 13.4. The highest BCUT2D eigenvalue weighted by Crippen LogP contribution is 2.19. The fraction of sp³-hybridized carbons (Fsp3) is 0.250. The summed E-state index contributed by atoms with van der Waals surface area (Å²) in [5.74, 6) is -1.77. The number of Topliss-reactive ketones (excluding diaryl/α,β-unsaturated/α-hetero) is 1. The Labute approximate surface area is 117 Å². The molecule has 1 N–H and O–H groups in total. The zero-order valence-electron chi connectivity index (χ0n) is 10.5. The van der Waals surface area contributed by atoms with Gasteiger partial charge in [0.25, 0.3) is 0 Å². The molecule has 2 rings (SSSR count). The van der Waals surface area contributed by atoms with Gasteiger partial charge in [-0.15, -0.1) is 10.2 Å². The maximum Gasteiger partial charge on any atom is 0.191 e. The molecule has 0 unspecified atom stereocenters. The van der Waals surface area contributed by atoms with E-state index in [1.165, 1.54) is 0 Å². The predicted molar refractivity (Wildman–Crippen MR) is 68.3 cm³/mol. The Morgan fingerprint density at radius 3 is 2.75 bits per heavy atom. The molecule has 0 saturated heterocycles. The Morgan fingerprint density at radius 1 is 1.40 bits per heavy atom. The lowest BCUT2D eigenvalue weighted by Crippen LogP contribution is -2.07. The summed E-state index contributed by atoms with van der Waals surface area (Å²) >= 11 is 1.07. The van der Waals surface area contributed by atoms with Crippen molar-refractivity contribution in [1.29, 1.82) is 0 Å². The average Bonchev–Trinajstić information content (AvgIpc) is 2.76. The van der Waals surface area contributed by atoms with E-state index in [2.05, 4.69) is 10.2 Å². The summed E-state index contributed by atoms with van der Waals surface area (Å²) in [4.78, 5) is 11.8. The number of aliphatic hydroxyl groups is 1. The lowest BCUT2D eigenvalue weighted by atomic mass is 10.1. The number of aliphatic hydroxyl groups excluding tert-OH is 1. The molecule has 0 fully saturated rings. The number of carbonyl (C=O) groups excluding carboxylic acids is 1. The normalized spacial score (nSPS) is 10.8. The molecular weight excluding hydrogens is 288 g/mol. The van der Waals surface area contributed by atoms with Gasteiger partial charge in [0, 0.05) is 13.1 Å². The lowest BCUT2D eigenvalue weighted by molar-refractivity contribution is 0.101.